The molecule has 1 aromatic heterocycles. The topological polar surface area (TPSA) is 38.1 Å². The smallest absolute Gasteiger partial charge is 0.211 e. The second-order valence-electron chi connectivity index (χ2n) is 4.75. The van der Waals surface area contributed by atoms with Crippen molar-refractivity contribution in [1.82, 2.24) is 10.3 Å². The number of hydrogen-bond donors (Lipinski definition) is 1. The summed E-state index contributed by atoms with van der Waals surface area (Å²) < 4.78 is 5.51. The van der Waals surface area contributed by atoms with E-state index in [1.165, 1.54) is 5.56 Å². The molecule has 0 aliphatic rings. The van der Waals surface area contributed by atoms with E-state index in [4.69, 9.17) is 4.42 Å². The van der Waals surface area contributed by atoms with E-state index in [-0.39, 0.29) is 6.04 Å². The molecule has 0 fully saturated rings. The number of nitrogens with zero attached hydrogens (tertiary/aromatic N) is 1. The number of benzene rings is 1. The third kappa shape index (κ3) is 3.20. The monoisotopic (exact) mass is 244 g/mol. The maximum absolute atomic E-state index is 5.51. The molecule has 0 amide bonds. The van der Waals surface area contributed by atoms with Crippen LogP contribution in [0.15, 0.2) is 40.9 Å². The molecule has 3 nitrogen and oxygen atoms in total. The molecule has 0 radical (unpaired) electrons. The van der Waals surface area contributed by atoms with Crippen molar-refractivity contribution in [1.29, 1.82) is 0 Å². The van der Waals surface area contributed by atoms with Crippen LogP contribution in [0, 0.1) is 6.92 Å². The maximum Gasteiger partial charge on any atom is 0.211 e. The van der Waals surface area contributed by atoms with Gasteiger partial charge >= 0.3 is 0 Å². The first kappa shape index (κ1) is 12.8. The molecule has 1 heterocycles. The fourth-order valence-corrected chi connectivity index (χ4v) is 1.91. The Morgan fingerprint density at radius 3 is 2.56 bits per heavy atom. The van der Waals surface area contributed by atoms with Gasteiger partial charge in [-0.3, -0.25) is 0 Å². The minimum Gasteiger partial charge on any atom is -0.444 e. The van der Waals surface area contributed by atoms with E-state index >= 15 is 0 Å². The zero-order chi connectivity index (χ0) is 13.0. The van der Waals surface area contributed by atoms with E-state index in [0.29, 0.717) is 5.92 Å². The quantitative estimate of drug-likeness (QED) is 0.875. The highest BCUT2D eigenvalue weighted by Gasteiger charge is 2.12. The molecule has 2 unspecified atom stereocenters. The first-order valence-electron chi connectivity index (χ1n) is 6.37. The molecule has 2 atom stereocenters. The second-order valence-corrected chi connectivity index (χ2v) is 4.75. The molecule has 0 saturated heterocycles. The molecule has 18 heavy (non-hydrogen) atoms. The zero-order valence-corrected chi connectivity index (χ0v) is 11.2. The Hall–Kier alpha value is -1.61. The Balaban J connectivity index is 1.88. The van der Waals surface area contributed by atoms with Crippen molar-refractivity contribution in [2.24, 2.45) is 0 Å². The third-order valence-corrected chi connectivity index (χ3v) is 3.11. The van der Waals surface area contributed by atoms with Gasteiger partial charge in [-0.2, -0.15) is 0 Å². The number of hydrogen-bond acceptors (Lipinski definition) is 3. The summed E-state index contributed by atoms with van der Waals surface area (Å²) in [5.41, 5.74) is 1.35. The van der Waals surface area contributed by atoms with Gasteiger partial charge in [-0.25, -0.2) is 4.98 Å². The Kier molecular flexibility index (Phi) is 4.15. The van der Waals surface area contributed by atoms with Crippen LogP contribution >= 0.6 is 0 Å². The summed E-state index contributed by atoms with van der Waals surface area (Å²) in [5, 5.41) is 3.45. The summed E-state index contributed by atoms with van der Waals surface area (Å²) in [6.45, 7) is 7.11. The SMILES string of the molecule is Cc1cnc(C(C)NCC(C)c2ccccc2)o1. The zero-order valence-electron chi connectivity index (χ0n) is 11.2. The van der Waals surface area contributed by atoms with Crippen LogP contribution in [0.3, 0.4) is 0 Å². The van der Waals surface area contributed by atoms with Crippen molar-refractivity contribution in [3.63, 3.8) is 0 Å². The van der Waals surface area contributed by atoms with Crippen molar-refractivity contribution in [3.8, 4) is 0 Å². The van der Waals surface area contributed by atoms with Crippen LogP contribution in [0.5, 0.6) is 0 Å². The lowest BCUT2D eigenvalue weighted by Gasteiger charge is -2.16. The molecule has 0 bridgehead atoms. The number of aromatic nitrogens is 1. The van der Waals surface area contributed by atoms with E-state index in [2.05, 4.69) is 48.4 Å². The Morgan fingerprint density at radius 1 is 1.22 bits per heavy atom. The van der Waals surface area contributed by atoms with Crippen molar-refractivity contribution in [2.45, 2.75) is 32.7 Å². The molecular weight excluding hydrogens is 224 g/mol. The van der Waals surface area contributed by atoms with Gasteiger partial charge in [0.15, 0.2) is 0 Å². The number of aryl methyl sites for hydroxylation is 1. The highest BCUT2D eigenvalue weighted by molar-refractivity contribution is 5.19. The summed E-state index contributed by atoms with van der Waals surface area (Å²) in [7, 11) is 0. The third-order valence-electron chi connectivity index (χ3n) is 3.11. The minimum atomic E-state index is 0.143. The molecular formula is C15H20N2O. The molecule has 3 heteroatoms. The van der Waals surface area contributed by atoms with Crippen LogP contribution in [0.25, 0.3) is 0 Å². The van der Waals surface area contributed by atoms with Gasteiger partial charge in [0.05, 0.1) is 12.2 Å². The van der Waals surface area contributed by atoms with Gasteiger partial charge in [-0.15, -0.1) is 0 Å². The molecule has 1 N–H and O–H groups in total. The molecule has 2 aromatic rings. The van der Waals surface area contributed by atoms with Gasteiger partial charge in [0, 0.05) is 6.54 Å². The standard InChI is InChI=1S/C15H20N2O/c1-11(14-7-5-4-6-8-14)9-16-13(3)15-17-10-12(2)18-15/h4-8,10-11,13,16H,9H2,1-3H3. The van der Waals surface area contributed by atoms with Crippen LogP contribution in [0.2, 0.25) is 0 Å². The van der Waals surface area contributed by atoms with Crippen LogP contribution in [0.4, 0.5) is 0 Å². The second kappa shape index (κ2) is 5.83. The van der Waals surface area contributed by atoms with Crippen LogP contribution in [-0.2, 0) is 0 Å². The van der Waals surface area contributed by atoms with Crippen molar-refractivity contribution < 1.29 is 4.42 Å². The Labute approximate surface area is 108 Å². The highest BCUT2D eigenvalue weighted by Crippen LogP contribution is 2.16. The number of oxazole rings is 1. The lowest BCUT2D eigenvalue weighted by molar-refractivity contribution is 0.398. The van der Waals surface area contributed by atoms with Crippen molar-refractivity contribution in [2.75, 3.05) is 6.54 Å². The van der Waals surface area contributed by atoms with Crippen LogP contribution in [-0.4, -0.2) is 11.5 Å². The van der Waals surface area contributed by atoms with Gasteiger partial charge in [0.1, 0.15) is 5.76 Å². The predicted octanol–water partition coefficient (Wildman–Crippen LogP) is 3.44. The predicted molar refractivity (Wildman–Crippen MR) is 72.5 cm³/mol. The molecule has 0 saturated carbocycles. The van der Waals surface area contributed by atoms with Gasteiger partial charge in [-0.05, 0) is 25.3 Å². The highest BCUT2D eigenvalue weighted by atomic mass is 16.4. The van der Waals surface area contributed by atoms with Gasteiger partial charge in [0.25, 0.3) is 0 Å². The van der Waals surface area contributed by atoms with Crippen LogP contribution < -0.4 is 5.32 Å². The molecule has 96 valence electrons. The van der Waals surface area contributed by atoms with E-state index in [9.17, 15) is 0 Å². The lowest BCUT2D eigenvalue weighted by atomic mass is 10.0. The largest absolute Gasteiger partial charge is 0.444 e. The number of rotatable bonds is 5. The number of nitrogens with one attached hydrogen (secondary N) is 1. The summed E-state index contributed by atoms with van der Waals surface area (Å²) in [5.74, 6) is 2.09. The minimum absolute atomic E-state index is 0.143. The van der Waals surface area contributed by atoms with Gasteiger partial charge in [-0.1, -0.05) is 37.3 Å². The summed E-state index contributed by atoms with van der Waals surface area (Å²) in [6, 6.07) is 10.7. The van der Waals surface area contributed by atoms with E-state index in [1.807, 2.05) is 13.0 Å². The fraction of sp³-hybridized carbons (Fsp3) is 0.400. The van der Waals surface area contributed by atoms with Crippen molar-refractivity contribution >= 4 is 0 Å². The normalized spacial score (nSPS) is 14.4. The van der Waals surface area contributed by atoms with Crippen LogP contribution in [0.1, 0.15) is 43.0 Å². The van der Waals surface area contributed by atoms with E-state index < -0.39 is 0 Å². The average molecular weight is 244 g/mol. The van der Waals surface area contributed by atoms with Gasteiger partial charge in [0.2, 0.25) is 5.89 Å². The average Bonchev–Trinajstić information content (AvgIpc) is 2.83. The maximum atomic E-state index is 5.51. The van der Waals surface area contributed by atoms with Gasteiger partial charge < -0.3 is 9.73 Å². The summed E-state index contributed by atoms with van der Waals surface area (Å²) in [6.07, 6.45) is 1.76. The van der Waals surface area contributed by atoms with Crippen molar-refractivity contribution in [3.05, 3.63) is 53.7 Å². The summed E-state index contributed by atoms with van der Waals surface area (Å²) >= 11 is 0. The molecule has 0 aliphatic carbocycles. The molecule has 1 aromatic carbocycles. The van der Waals surface area contributed by atoms with E-state index in [0.717, 1.165) is 18.2 Å². The molecule has 0 aliphatic heterocycles. The summed E-state index contributed by atoms with van der Waals surface area (Å²) in [4.78, 5) is 4.24. The lowest BCUT2D eigenvalue weighted by Crippen LogP contribution is -2.23. The first-order valence-corrected chi connectivity index (χ1v) is 6.37. The van der Waals surface area contributed by atoms with E-state index in [1.54, 1.807) is 6.20 Å². The Morgan fingerprint density at radius 2 is 1.94 bits per heavy atom. The Bertz CT molecular complexity index is 478. The molecule has 2 rings (SSSR count). The first-order chi connectivity index (χ1) is 8.66. The molecule has 0 spiro atoms. The fourth-order valence-electron chi connectivity index (χ4n) is 1.91.